The van der Waals surface area contributed by atoms with Crippen LogP contribution in [0.5, 0.6) is 11.5 Å². The van der Waals surface area contributed by atoms with Crippen LogP contribution in [0.3, 0.4) is 0 Å². The summed E-state index contributed by atoms with van der Waals surface area (Å²) in [5.41, 5.74) is 2.84. The van der Waals surface area contributed by atoms with Gasteiger partial charge >= 0.3 is 0 Å². The van der Waals surface area contributed by atoms with Crippen molar-refractivity contribution in [2.24, 2.45) is 0 Å². The fourth-order valence-electron chi connectivity index (χ4n) is 4.31. The minimum absolute atomic E-state index is 0.557. The fraction of sp³-hybridized carbons (Fsp3) is 0.433. The molecule has 0 aliphatic heterocycles. The van der Waals surface area contributed by atoms with Crippen LogP contribution >= 0.6 is 0 Å². The highest BCUT2D eigenvalue weighted by molar-refractivity contribution is 5.93. The monoisotopic (exact) mass is 443 g/mol. The molecule has 0 fully saturated rings. The molecule has 33 heavy (non-hydrogen) atoms. The predicted octanol–water partition coefficient (Wildman–Crippen LogP) is 8.69. The summed E-state index contributed by atoms with van der Waals surface area (Å²) < 4.78 is 11.4. The molecule has 0 aromatic heterocycles. The van der Waals surface area contributed by atoms with Crippen molar-refractivity contribution < 1.29 is 9.47 Å². The zero-order chi connectivity index (χ0) is 23.3. The number of rotatable bonds is 14. The number of benzene rings is 3. The number of ether oxygens (including phenoxy) is 2. The van der Waals surface area contributed by atoms with Crippen LogP contribution < -0.4 is 9.47 Å². The SMILES string of the molecule is CCCCCCCCCCCCOc1ccc(-c2ccc3c(OC)c(C#N)ccc3c2)cc1. The van der Waals surface area contributed by atoms with Gasteiger partial charge in [0, 0.05) is 5.39 Å². The first-order valence-electron chi connectivity index (χ1n) is 12.5. The third-order valence-electron chi connectivity index (χ3n) is 6.25. The number of fused-ring (bicyclic) bond motifs is 1. The van der Waals surface area contributed by atoms with E-state index in [-0.39, 0.29) is 0 Å². The van der Waals surface area contributed by atoms with Gasteiger partial charge in [-0.1, -0.05) is 89.0 Å². The van der Waals surface area contributed by atoms with Gasteiger partial charge in [-0.2, -0.15) is 5.26 Å². The Morgan fingerprint density at radius 2 is 1.36 bits per heavy atom. The Labute approximate surface area is 199 Å². The summed E-state index contributed by atoms with van der Waals surface area (Å²) in [6.45, 7) is 3.05. The Hall–Kier alpha value is -2.99. The maximum atomic E-state index is 9.28. The van der Waals surface area contributed by atoms with Crippen LogP contribution in [-0.4, -0.2) is 13.7 Å². The zero-order valence-electron chi connectivity index (χ0n) is 20.2. The van der Waals surface area contributed by atoms with Gasteiger partial charge in [-0.3, -0.25) is 0 Å². The molecule has 0 saturated carbocycles. The van der Waals surface area contributed by atoms with Crippen LogP contribution in [0, 0.1) is 11.3 Å². The van der Waals surface area contributed by atoms with E-state index in [0.29, 0.717) is 11.3 Å². The molecule has 0 radical (unpaired) electrons. The Balaban J connectivity index is 1.44. The van der Waals surface area contributed by atoms with Gasteiger partial charge < -0.3 is 9.47 Å². The molecule has 3 aromatic carbocycles. The van der Waals surface area contributed by atoms with Crippen LogP contribution in [0.25, 0.3) is 21.9 Å². The van der Waals surface area contributed by atoms with Crippen molar-refractivity contribution in [2.75, 3.05) is 13.7 Å². The molecule has 0 atom stereocenters. The first kappa shape index (κ1) is 24.6. The summed E-state index contributed by atoms with van der Waals surface area (Å²) in [6, 6.07) is 20.5. The average molecular weight is 444 g/mol. The number of nitrogens with zero attached hydrogens (tertiary/aromatic N) is 1. The van der Waals surface area contributed by atoms with Crippen molar-refractivity contribution in [1.29, 1.82) is 5.26 Å². The molecular formula is C30H37NO2. The molecule has 0 amide bonds. The highest BCUT2D eigenvalue weighted by Gasteiger charge is 2.09. The molecular weight excluding hydrogens is 406 g/mol. The molecule has 0 aliphatic carbocycles. The molecule has 0 heterocycles. The number of hydrogen-bond donors (Lipinski definition) is 0. The lowest BCUT2D eigenvalue weighted by Gasteiger charge is -2.10. The van der Waals surface area contributed by atoms with E-state index in [1.807, 2.05) is 18.2 Å². The van der Waals surface area contributed by atoms with Crippen molar-refractivity contribution in [3.8, 4) is 28.7 Å². The fourth-order valence-corrected chi connectivity index (χ4v) is 4.31. The molecule has 0 saturated heterocycles. The van der Waals surface area contributed by atoms with Gasteiger partial charge in [0.2, 0.25) is 0 Å². The Kier molecular flexibility index (Phi) is 10.1. The van der Waals surface area contributed by atoms with Crippen LogP contribution in [0.4, 0.5) is 0 Å². The van der Waals surface area contributed by atoms with E-state index in [1.54, 1.807) is 7.11 Å². The third-order valence-corrected chi connectivity index (χ3v) is 6.25. The molecule has 0 aliphatic rings. The maximum Gasteiger partial charge on any atom is 0.144 e. The van der Waals surface area contributed by atoms with Crippen molar-refractivity contribution in [2.45, 2.75) is 71.1 Å². The second kappa shape index (κ2) is 13.5. The molecule has 0 bridgehead atoms. The molecule has 0 unspecified atom stereocenters. The zero-order valence-corrected chi connectivity index (χ0v) is 20.2. The van der Waals surface area contributed by atoms with Gasteiger partial charge in [0.25, 0.3) is 0 Å². The Bertz CT molecular complexity index is 1030. The second-order valence-corrected chi connectivity index (χ2v) is 8.75. The van der Waals surface area contributed by atoms with Gasteiger partial charge in [-0.25, -0.2) is 0 Å². The molecule has 0 N–H and O–H groups in total. The molecule has 3 nitrogen and oxygen atoms in total. The van der Waals surface area contributed by atoms with Gasteiger partial charge in [-0.15, -0.1) is 0 Å². The highest BCUT2D eigenvalue weighted by Crippen LogP contribution is 2.33. The van der Waals surface area contributed by atoms with E-state index in [1.165, 1.54) is 57.8 Å². The largest absolute Gasteiger partial charge is 0.495 e. The van der Waals surface area contributed by atoms with Crippen molar-refractivity contribution >= 4 is 10.8 Å². The van der Waals surface area contributed by atoms with Crippen LogP contribution in [0.1, 0.15) is 76.7 Å². The molecule has 174 valence electrons. The molecule has 0 spiro atoms. The minimum atomic E-state index is 0.557. The number of hydrogen-bond acceptors (Lipinski definition) is 3. The van der Waals surface area contributed by atoms with Crippen LogP contribution in [0.2, 0.25) is 0 Å². The summed E-state index contributed by atoms with van der Waals surface area (Å²) in [6.07, 6.45) is 13.4. The van der Waals surface area contributed by atoms with Gasteiger partial charge in [0.15, 0.2) is 0 Å². The van der Waals surface area contributed by atoms with Gasteiger partial charge in [-0.05, 0) is 53.3 Å². The first-order chi connectivity index (χ1) is 16.3. The number of nitriles is 1. The lowest BCUT2D eigenvalue weighted by Crippen LogP contribution is -1.97. The quantitative estimate of drug-likeness (QED) is 0.234. The summed E-state index contributed by atoms with van der Waals surface area (Å²) in [5.74, 6) is 1.56. The summed E-state index contributed by atoms with van der Waals surface area (Å²) in [5, 5.41) is 11.3. The molecule has 3 aromatic rings. The first-order valence-corrected chi connectivity index (χ1v) is 12.5. The second-order valence-electron chi connectivity index (χ2n) is 8.75. The maximum absolute atomic E-state index is 9.28. The molecule has 3 heteroatoms. The number of unbranched alkanes of at least 4 members (excludes halogenated alkanes) is 9. The van der Waals surface area contributed by atoms with E-state index in [2.05, 4.69) is 49.4 Å². The lowest BCUT2D eigenvalue weighted by atomic mass is 9.99. The predicted molar refractivity (Wildman–Crippen MR) is 138 cm³/mol. The van der Waals surface area contributed by atoms with E-state index in [0.717, 1.165) is 40.7 Å². The van der Waals surface area contributed by atoms with E-state index >= 15 is 0 Å². The highest BCUT2D eigenvalue weighted by atomic mass is 16.5. The summed E-state index contributed by atoms with van der Waals surface area (Å²) >= 11 is 0. The number of methoxy groups -OCH3 is 1. The smallest absolute Gasteiger partial charge is 0.144 e. The third kappa shape index (κ3) is 7.26. The normalized spacial score (nSPS) is 10.8. The lowest BCUT2D eigenvalue weighted by molar-refractivity contribution is 0.304. The van der Waals surface area contributed by atoms with Gasteiger partial charge in [0.05, 0.1) is 19.3 Å². The van der Waals surface area contributed by atoms with E-state index in [4.69, 9.17) is 9.47 Å². The summed E-state index contributed by atoms with van der Waals surface area (Å²) in [7, 11) is 1.61. The van der Waals surface area contributed by atoms with Crippen LogP contribution in [0.15, 0.2) is 54.6 Å². The van der Waals surface area contributed by atoms with Crippen molar-refractivity contribution in [3.05, 3.63) is 60.2 Å². The topological polar surface area (TPSA) is 42.2 Å². The van der Waals surface area contributed by atoms with Gasteiger partial charge in [0.1, 0.15) is 17.6 Å². The standard InChI is InChI=1S/C30H37NO2/c1-3-4-5-6-7-8-9-10-11-12-21-33-28-18-15-24(16-19-28)25-17-20-29-26(22-25)13-14-27(23-31)30(29)32-2/h13-20,22H,3-12,21H2,1-2H3. The minimum Gasteiger partial charge on any atom is -0.495 e. The van der Waals surface area contributed by atoms with Crippen molar-refractivity contribution in [3.63, 3.8) is 0 Å². The average Bonchev–Trinajstić information content (AvgIpc) is 2.86. The van der Waals surface area contributed by atoms with Crippen LogP contribution in [-0.2, 0) is 0 Å². The van der Waals surface area contributed by atoms with Crippen molar-refractivity contribution in [1.82, 2.24) is 0 Å². The molecule has 3 rings (SSSR count). The summed E-state index contributed by atoms with van der Waals surface area (Å²) in [4.78, 5) is 0. The van der Waals surface area contributed by atoms with E-state index in [9.17, 15) is 5.26 Å². The Morgan fingerprint density at radius 1 is 0.727 bits per heavy atom. The van der Waals surface area contributed by atoms with E-state index < -0.39 is 0 Å². The Morgan fingerprint density at radius 3 is 2.00 bits per heavy atom.